The van der Waals surface area contributed by atoms with Crippen LogP contribution in [0.4, 0.5) is 0 Å². The van der Waals surface area contributed by atoms with E-state index in [0.29, 0.717) is 0 Å². The molecular formula is C12H26AuS. The Labute approximate surface area is 112 Å². The summed E-state index contributed by atoms with van der Waals surface area (Å²) in [6, 6.07) is 0. The molecule has 0 atom stereocenters. The average Bonchev–Trinajstić information content (AvgIpc) is 2.16. The molecule has 0 aromatic rings. The maximum Gasteiger partial charge on any atom is 0 e. The number of hydrogen-bond acceptors (Lipinski definition) is 1. The summed E-state index contributed by atoms with van der Waals surface area (Å²) >= 11 is 4.20. The fourth-order valence-corrected chi connectivity index (χ4v) is 1.82. The number of hydrogen-bond donors (Lipinski definition) is 1. The number of rotatable bonds is 10. The molecule has 0 unspecified atom stereocenters. The van der Waals surface area contributed by atoms with E-state index in [1.807, 2.05) is 0 Å². The molecule has 14 heavy (non-hydrogen) atoms. The summed E-state index contributed by atoms with van der Waals surface area (Å²) in [4.78, 5) is 0. The molecule has 0 aromatic heterocycles. The quantitative estimate of drug-likeness (QED) is 0.304. The zero-order chi connectivity index (χ0) is 9.78. The smallest absolute Gasteiger partial charge is 0 e. The van der Waals surface area contributed by atoms with Gasteiger partial charge in [-0.15, -0.1) is 0 Å². The molecule has 0 N–H and O–H groups in total. The molecule has 0 fully saturated rings. The second-order valence-corrected chi connectivity index (χ2v) is 4.35. The SMILES string of the molecule is CCCCCCCCCCCCS.[Au]. The van der Waals surface area contributed by atoms with E-state index < -0.39 is 0 Å². The predicted molar refractivity (Wildman–Crippen MR) is 65.7 cm³/mol. The molecule has 91 valence electrons. The van der Waals surface area contributed by atoms with Gasteiger partial charge >= 0.3 is 0 Å². The molecule has 0 aliphatic carbocycles. The molecule has 1 radical (unpaired) electrons. The van der Waals surface area contributed by atoms with E-state index >= 15 is 0 Å². The molecule has 2 heteroatoms. The maximum atomic E-state index is 4.20. The Morgan fingerprint density at radius 2 is 1.00 bits per heavy atom. The standard InChI is InChI=1S/C12H26S.Au/c1-2-3-4-5-6-7-8-9-10-11-12-13;/h13H,2-12H2,1H3;. The van der Waals surface area contributed by atoms with Crippen LogP contribution < -0.4 is 0 Å². The Morgan fingerprint density at radius 1 is 0.643 bits per heavy atom. The van der Waals surface area contributed by atoms with Crippen LogP contribution in [0.2, 0.25) is 0 Å². The van der Waals surface area contributed by atoms with Crippen LogP contribution in [-0.4, -0.2) is 5.75 Å². The maximum absolute atomic E-state index is 4.20. The fourth-order valence-electron chi connectivity index (χ4n) is 1.60. The third kappa shape index (κ3) is 15.6. The summed E-state index contributed by atoms with van der Waals surface area (Å²) in [5.74, 6) is 1.07. The fraction of sp³-hybridized carbons (Fsp3) is 1.00. The van der Waals surface area contributed by atoms with Gasteiger partial charge in [0.05, 0.1) is 0 Å². The molecule has 0 saturated carbocycles. The summed E-state index contributed by atoms with van der Waals surface area (Å²) in [6.45, 7) is 2.28. The number of unbranched alkanes of at least 4 members (excludes halogenated alkanes) is 9. The van der Waals surface area contributed by atoms with Crippen molar-refractivity contribution < 1.29 is 22.4 Å². The van der Waals surface area contributed by atoms with Crippen molar-refractivity contribution in [2.45, 2.75) is 71.1 Å². The zero-order valence-electron chi connectivity index (χ0n) is 9.53. The average molecular weight is 399 g/mol. The van der Waals surface area contributed by atoms with Gasteiger partial charge in [0.15, 0.2) is 0 Å². The van der Waals surface area contributed by atoms with Crippen LogP contribution in [0, 0.1) is 0 Å². The molecule has 0 amide bonds. The molecule has 0 aliphatic rings. The Kier molecular flexibility index (Phi) is 20.6. The van der Waals surface area contributed by atoms with E-state index in [0.717, 1.165) is 5.75 Å². The van der Waals surface area contributed by atoms with Crippen molar-refractivity contribution in [1.82, 2.24) is 0 Å². The van der Waals surface area contributed by atoms with Crippen LogP contribution in [-0.2, 0) is 22.4 Å². The van der Waals surface area contributed by atoms with Crippen molar-refractivity contribution in [3.63, 3.8) is 0 Å². The molecule has 0 aromatic carbocycles. The van der Waals surface area contributed by atoms with Crippen LogP contribution in [0.1, 0.15) is 71.1 Å². The van der Waals surface area contributed by atoms with Gasteiger partial charge in [-0.25, -0.2) is 0 Å². The first-order chi connectivity index (χ1) is 6.41. The summed E-state index contributed by atoms with van der Waals surface area (Å²) < 4.78 is 0. The first kappa shape index (κ1) is 17.5. The van der Waals surface area contributed by atoms with Gasteiger partial charge in [-0.2, -0.15) is 12.6 Å². The van der Waals surface area contributed by atoms with E-state index in [9.17, 15) is 0 Å². The minimum atomic E-state index is 0. The van der Waals surface area contributed by atoms with Gasteiger partial charge in [-0.1, -0.05) is 64.7 Å². The molecule has 0 saturated heterocycles. The van der Waals surface area contributed by atoms with E-state index in [1.165, 1.54) is 64.2 Å². The first-order valence-corrected chi connectivity index (χ1v) is 6.66. The van der Waals surface area contributed by atoms with Crippen LogP contribution >= 0.6 is 12.6 Å². The van der Waals surface area contributed by atoms with E-state index in [-0.39, 0.29) is 22.4 Å². The second-order valence-electron chi connectivity index (χ2n) is 3.91. The van der Waals surface area contributed by atoms with E-state index in [2.05, 4.69) is 19.6 Å². The van der Waals surface area contributed by atoms with Crippen molar-refractivity contribution >= 4 is 12.6 Å². The first-order valence-electron chi connectivity index (χ1n) is 6.02. The van der Waals surface area contributed by atoms with Gasteiger partial charge in [-0.05, 0) is 12.2 Å². The van der Waals surface area contributed by atoms with Gasteiger partial charge in [0.25, 0.3) is 0 Å². The minimum absolute atomic E-state index is 0. The topological polar surface area (TPSA) is 0 Å². The molecule has 0 nitrogen and oxygen atoms in total. The Morgan fingerprint density at radius 3 is 1.36 bits per heavy atom. The zero-order valence-corrected chi connectivity index (χ0v) is 12.6. The van der Waals surface area contributed by atoms with Crippen molar-refractivity contribution in [2.75, 3.05) is 5.75 Å². The second kappa shape index (κ2) is 16.5. The predicted octanol–water partition coefficient (Wildman–Crippen LogP) is 4.83. The minimum Gasteiger partial charge on any atom is -0.179 e. The summed E-state index contributed by atoms with van der Waals surface area (Å²) in [6.07, 6.45) is 14.2. The molecule has 0 heterocycles. The summed E-state index contributed by atoms with van der Waals surface area (Å²) in [5.41, 5.74) is 0. The van der Waals surface area contributed by atoms with Gasteiger partial charge < -0.3 is 0 Å². The van der Waals surface area contributed by atoms with Gasteiger partial charge in [0, 0.05) is 22.4 Å². The van der Waals surface area contributed by atoms with Gasteiger partial charge in [0.1, 0.15) is 0 Å². The largest absolute Gasteiger partial charge is 0.179 e. The Hall–Kier alpha value is 1.09. The van der Waals surface area contributed by atoms with Gasteiger partial charge in [0.2, 0.25) is 0 Å². The molecule has 0 aliphatic heterocycles. The van der Waals surface area contributed by atoms with Crippen LogP contribution in [0.25, 0.3) is 0 Å². The third-order valence-corrected chi connectivity index (χ3v) is 2.83. The van der Waals surface area contributed by atoms with E-state index in [1.54, 1.807) is 0 Å². The Bertz CT molecular complexity index is 76.4. The van der Waals surface area contributed by atoms with Crippen LogP contribution in [0.15, 0.2) is 0 Å². The normalized spacial score (nSPS) is 9.86. The third-order valence-electron chi connectivity index (χ3n) is 2.51. The van der Waals surface area contributed by atoms with Crippen molar-refractivity contribution in [3.8, 4) is 0 Å². The molecule has 0 rings (SSSR count). The molecule has 0 spiro atoms. The van der Waals surface area contributed by atoms with Gasteiger partial charge in [-0.3, -0.25) is 0 Å². The summed E-state index contributed by atoms with van der Waals surface area (Å²) in [7, 11) is 0. The Balaban J connectivity index is 0. The van der Waals surface area contributed by atoms with Crippen molar-refractivity contribution in [3.05, 3.63) is 0 Å². The summed E-state index contributed by atoms with van der Waals surface area (Å²) in [5, 5.41) is 0. The van der Waals surface area contributed by atoms with Crippen LogP contribution in [0.5, 0.6) is 0 Å². The monoisotopic (exact) mass is 399 g/mol. The molecular weight excluding hydrogens is 373 g/mol. The van der Waals surface area contributed by atoms with E-state index in [4.69, 9.17) is 0 Å². The molecule has 0 bridgehead atoms. The van der Waals surface area contributed by atoms with Crippen LogP contribution in [0.3, 0.4) is 0 Å². The van der Waals surface area contributed by atoms with Crippen molar-refractivity contribution in [2.24, 2.45) is 0 Å². The number of thiol groups is 1. The van der Waals surface area contributed by atoms with Crippen molar-refractivity contribution in [1.29, 1.82) is 0 Å².